The molecular weight excluding hydrogens is 354 g/mol. The van der Waals surface area contributed by atoms with Crippen LogP contribution in [0.4, 0.5) is 0 Å². The molecule has 1 heterocycles. The molecule has 1 fully saturated rings. The predicted molar refractivity (Wildman–Crippen MR) is 111 cm³/mol. The van der Waals surface area contributed by atoms with Crippen LogP contribution in [0.2, 0.25) is 0 Å². The van der Waals surface area contributed by atoms with Gasteiger partial charge in [0.1, 0.15) is 0 Å². The van der Waals surface area contributed by atoms with Gasteiger partial charge in [-0.1, -0.05) is 43.2 Å². The Bertz CT molecular complexity index is 765. The average Bonchev–Trinajstić information content (AvgIpc) is 3.35. The molecule has 0 radical (unpaired) electrons. The topological polar surface area (TPSA) is 46.9 Å². The van der Waals surface area contributed by atoms with Crippen molar-refractivity contribution in [1.29, 1.82) is 0 Å². The van der Waals surface area contributed by atoms with E-state index in [1.807, 2.05) is 18.2 Å². The van der Waals surface area contributed by atoms with Gasteiger partial charge in [-0.05, 0) is 49.7 Å². The number of hydrogen-bond acceptors (Lipinski definition) is 3. The minimum atomic E-state index is 0.107. The Morgan fingerprint density at radius 3 is 2.70 bits per heavy atom. The lowest BCUT2D eigenvalue weighted by molar-refractivity contribution is -0.118. The lowest BCUT2D eigenvalue weighted by atomic mass is 9.95. The Morgan fingerprint density at radius 2 is 1.89 bits per heavy atom. The van der Waals surface area contributed by atoms with Gasteiger partial charge in [0.05, 0.1) is 24.0 Å². The maximum absolute atomic E-state index is 12.3. The van der Waals surface area contributed by atoms with Crippen molar-refractivity contribution in [2.24, 2.45) is 0 Å². The molecule has 0 aliphatic heterocycles. The molecule has 4 rings (SSSR count). The van der Waals surface area contributed by atoms with E-state index in [4.69, 9.17) is 5.10 Å². The van der Waals surface area contributed by atoms with E-state index in [1.165, 1.54) is 55.3 Å². The molecule has 0 bridgehead atoms. The molecule has 144 valence electrons. The number of thioether (sulfide) groups is 1. The first-order valence-electron chi connectivity index (χ1n) is 10.3. The second kappa shape index (κ2) is 8.96. The molecule has 0 spiro atoms. The van der Waals surface area contributed by atoms with E-state index in [2.05, 4.69) is 22.1 Å². The number of fused-ring (bicyclic) bond motifs is 1. The van der Waals surface area contributed by atoms with Crippen LogP contribution in [0.25, 0.3) is 0 Å². The number of hydrogen-bond donors (Lipinski definition) is 1. The van der Waals surface area contributed by atoms with Crippen LogP contribution < -0.4 is 5.32 Å². The summed E-state index contributed by atoms with van der Waals surface area (Å²) in [6.45, 7) is 0.576. The first-order chi connectivity index (χ1) is 13.3. The number of carbonyl (C=O) groups is 1. The predicted octanol–water partition coefficient (Wildman–Crippen LogP) is 4.43. The number of amides is 1. The molecule has 1 saturated carbocycles. The number of carbonyl (C=O) groups excluding carboxylic acids is 1. The molecule has 1 aromatic carbocycles. The zero-order valence-corrected chi connectivity index (χ0v) is 16.8. The van der Waals surface area contributed by atoms with E-state index < -0.39 is 0 Å². The highest BCUT2D eigenvalue weighted by Gasteiger charge is 2.26. The number of nitrogens with one attached hydrogen (secondary N) is 1. The molecule has 1 amide bonds. The molecule has 27 heavy (non-hydrogen) atoms. The first-order valence-corrected chi connectivity index (χ1v) is 11.4. The van der Waals surface area contributed by atoms with Gasteiger partial charge in [-0.2, -0.15) is 5.10 Å². The lowest BCUT2D eigenvalue weighted by Gasteiger charge is -2.18. The first kappa shape index (κ1) is 18.6. The fourth-order valence-corrected chi connectivity index (χ4v) is 5.18. The van der Waals surface area contributed by atoms with Crippen molar-refractivity contribution in [2.45, 2.75) is 69.7 Å². The molecule has 2 aliphatic rings. The minimum absolute atomic E-state index is 0.107. The largest absolute Gasteiger partial charge is 0.350 e. The van der Waals surface area contributed by atoms with Crippen LogP contribution in [0.3, 0.4) is 0 Å². The van der Waals surface area contributed by atoms with Gasteiger partial charge < -0.3 is 5.32 Å². The van der Waals surface area contributed by atoms with Crippen LogP contribution in [0, 0.1) is 0 Å². The van der Waals surface area contributed by atoms with Crippen molar-refractivity contribution in [3.8, 4) is 0 Å². The number of rotatable bonds is 7. The Hall–Kier alpha value is -1.75. The average molecular weight is 384 g/mol. The van der Waals surface area contributed by atoms with Crippen LogP contribution in [0.1, 0.15) is 67.1 Å². The Morgan fingerprint density at radius 1 is 1.11 bits per heavy atom. The molecule has 0 atom stereocenters. The smallest absolute Gasteiger partial charge is 0.230 e. The summed E-state index contributed by atoms with van der Waals surface area (Å²) in [5.74, 6) is 1.48. The fourth-order valence-electron chi connectivity index (χ4n) is 4.37. The molecule has 1 aromatic heterocycles. The lowest BCUT2D eigenvalue weighted by Crippen LogP contribution is -2.25. The van der Waals surface area contributed by atoms with Crippen molar-refractivity contribution < 1.29 is 4.79 Å². The van der Waals surface area contributed by atoms with E-state index in [1.54, 1.807) is 11.8 Å². The number of aromatic nitrogens is 2. The van der Waals surface area contributed by atoms with Gasteiger partial charge in [0, 0.05) is 11.4 Å². The molecule has 1 N–H and O–H groups in total. The number of nitrogens with zero attached hydrogens (tertiary/aromatic N) is 2. The highest BCUT2D eigenvalue weighted by molar-refractivity contribution is 7.99. The normalized spacial score (nSPS) is 17.0. The molecular formula is C22H29N3OS. The highest BCUT2D eigenvalue weighted by Crippen LogP contribution is 2.34. The van der Waals surface area contributed by atoms with Crippen molar-refractivity contribution >= 4 is 17.7 Å². The quantitative estimate of drug-likeness (QED) is 0.769. The summed E-state index contributed by atoms with van der Waals surface area (Å²) in [5.41, 5.74) is 5.25. The third kappa shape index (κ3) is 4.57. The third-order valence-electron chi connectivity index (χ3n) is 5.76. The second-order valence-electron chi connectivity index (χ2n) is 7.72. The summed E-state index contributed by atoms with van der Waals surface area (Å²) in [7, 11) is 0. The maximum atomic E-state index is 12.3. The summed E-state index contributed by atoms with van der Waals surface area (Å²) in [5, 5.41) is 8.07. The van der Waals surface area contributed by atoms with E-state index in [9.17, 15) is 4.79 Å². The van der Waals surface area contributed by atoms with Gasteiger partial charge in [0.2, 0.25) is 5.91 Å². The standard InChI is InChI=1S/C22H29N3OS/c26-22(16-27-15-17-8-2-1-3-9-17)23-14-20-19-12-6-7-13-21(19)25(24-20)18-10-4-5-11-18/h1-3,8-9,18H,4-7,10-16H2,(H,23,26). The molecule has 4 nitrogen and oxygen atoms in total. The zero-order valence-electron chi connectivity index (χ0n) is 16.0. The fraction of sp³-hybridized carbons (Fsp3) is 0.545. The van der Waals surface area contributed by atoms with Crippen molar-refractivity contribution in [1.82, 2.24) is 15.1 Å². The molecule has 2 aliphatic carbocycles. The van der Waals surface area contributed by atoms with Gasteiger partial charge in [0.15, 0.2) is 0 Å². The summed E-state index contributed by atoms with van der Waals surface area (Å²) in [4.78, 5) is 12.3. The van der Waals surface area contributed by atoms with Crippen LogP contribution >= 0.6 is 11.8 Å². The summed E-state index contributed by atoms with van der Waals surface area (Å²) >= 11 is 1.67. The summed E-state index contributed by atoms with van der Waals surface area (Å²) < 4.78 is 2.33. The zero-order chi connectivity index (χ0) is 18.5. The van der Waals surface area contributed by atoms with Crippen LogP contribution in [0.5, 0.6) is 0 Å². The van der Waals surface area contributed by atoms with Gasteiger partial charge >= 0.3 is 0 Å². The Labute approximate surface area is 166 Å². The van der Waals surface area contributed by atoms with Crippen LogP contribution in [-0.2, 0) is 29.9 Å². The van der Waals surface area contributed by atoms with E-state index in [0.29, 0.717) is 18.3 Å². The van der Waals surface area contributed by atoms with Crippen molar-refractivity contribution in [2.75, 3.05) is 5.75 Å². The monoisotopic (exact) mass is 383 g/mol. The van der Waals surface area contributed by atoms with Gasteiger partial charge in [-0.3, -0.25) is 9.48 Å². The van der Waals surface area contributed by atoms with Crippen molar-refractivity contribution in [3.63, 3.8) is 0 Å². The van der Waals surface area contributed by atoms with Gasteiger partial charge in [0.25, 0.3) is 0 Å². The van der Waals surface area contributed by atoms with Gasteiger partial charge in [-0.25, -0.2) is 0 Å². The molecule has 2 aromatic rings. The van der Waals surface area contributed by atoms with Crippen molar-refractivity contribution in [3.05, 3.63) is 52.8 Å². The van der Waals surface area contributed by atoms with Crippen LogP contribution in [0.15, 0.2) is 30.3 Å². The Balaban J connectivity index is 1.33. The summed E-state index contributed by atoms with van der Waals surface area (Å²) in [6, 6.07) is 10.9. The van der Waals surface area contributed by atoms with E-state index >= 15 is 0 Å². The number of benzene rings is 1. The minimum Gasteiger partial charge on any atom is -0.350 e. The van der Waals surface area contributed by atoms with Gasteiger partial charge in [-0.15, -0.1) is 11.8 Å². The van der Waals surface area contributed by atoms with E-state index in [0.717, 1.165) is 24.3 Å². The maximum Gasteiger partial charge on any atom is 0.230 e. The molecule has 5 heteroatoms. The van der Waals surface area contributed by atoms with Crippen LogP contribution in [-0.4, -0.2) is 21.4 Å². The SMILES string of the molecule is O=C(CSCc1ccccc1)NCc1nn(C2CCCC2)c2c1CCCC2. The molecule has 0 unspecified atom stereocenters. The van der Waals surface area contributed by atoms with E-state index in [-0.39, 0.29) is 5.91 Å². The molecule has 0 saturated heterocycles. The highest BCUT2D eigenvalue weighted by atomic mass is 32.2. The summed E-state index contributed by atoms with van der Waals surface area (Å²) in [6.07, 6.45) is 9.96. The second-order valence-corrected chi connectivity index (χ2v) is 8.70. The Kier molecular flexibility index (Phi) is 6.17. The third-order valence-corrected chi connectivity index (χ3v) is 6.76.